The summed E-state index contributed by atoms with van der Waals surface area (Å²) in [6, 6.07) is 12.9. The van der Waals surface area contributed by atoms with Gasteiger partial charge < -0.3 is 9.84 Å². The monoisotopic (exact) mass is 487 g/mol. The highest BCUT2D eigenvalue weighted by Crippen LogP contribution is 2.20. The number of ether oxygens (including phenoxy) is 1. The molecule has 0 aliphatic carbocycles. The Kier molecular flexibility index (Phi) is 8.75. The quantitative estimate of drug-likeness (QED) is 0.393. The fourth-order valence-corrected chi connectivity index (χ4v) is 3.57. The molecule has 0 aliphatic rings. The van der Waals surface area contributed by atoms with Crippen LogP contribution >= 0.6 is 11.6 Å². The van der Waals surface area contributed by atoms with Gasteiger partial charge in [0.05, 0.1) is 17.2 Å². The van der Waals surface area contributed by atoms with Gasteiger partial charge in [-0.05, 0) is 36.4 Å². The van der Waals surface area contributed by atoms with Crippen LogP contribution in [0.1, 0.15) is 18.9 Å². The minimum absolute atomic E-state index is 0.0188. The molecule has 1 aromatic heterocycles. The van der Waals surface area contributed by atoms with Crippen molar-refractivity contribution in [1.82, 2.24) is 15.4 Å². The van der Waals surface area contributed by atoms with E-state index >= 15 is 0 Å². The van der Waals surface area contributed by atoms with E-state index in [2.05, 4.69) is 22.7 Å². The molecule has 0 spiro atoms. The number of anilines is 1. The number of hydrazine groups is 1. The molecule has 1 radical (unpaired) electrons. The van der Waals surface area contributed by atoms with Gasteiger partial charge in [-0.3, -0.25) is 15.1 Å². The summed E-state index contributed by atoms with van der Waals surface area (Å²) < 4.78 is 19.0. The van der Waals surface area contributed by atoms with Gasteiger partial charge in [0, 0.05) is 25.1 Å². The van der Waals surface area contributed by atoms with E-state index in [-0.39, 0.29) is 24.6 Å². The molecule has 3 N–H and O–H groups in total. The lowest BCUT2D eigenvalue weighted by Crippen LogP contribution is -2.51. The second-order valence-corrected chi connectivity index (χ2v) is 8.00. The lowest BCUT2D eigenvalue weighted by atomic mass is 10.1. The molecular weight excluding hydrogens is 463 g/mol. The van der Waals surface area contributed by atoms with Gasteiger partial charge in [-0.15, -0.1) is 0 Å². The lowest BCUT2D eigenvalue weighted by Gasteiger charge is -2.32. The van der Waals surface area contributed by atoms with Crippen LogP contribution in [0.2, 0.25) is 5.02 Å². The summed E-state index contributed by atoms with van der Waals surface area (Å²) in [6.07, 6.45) is -0.153. The molecule has 0 aliphatic heterocycles. The molecule has 0 fully saturated rings. The summed E-state index contributed by atoms with van der Waals surface area (Å²) >= 11 is 5.98. The molecule has 2 amide bonds. The second-order valence-electron chi connectivity index (χ2n) is 7.62. The smallest absolute Gasteiger partial charge is 0.412 e. The van der Waals surface area contributed by atoms with Gasteiger partial charge in [0.25, 0.3) is 0 Å². The molecule has 0 saturated carbocycles. The van der Waals surface area contributed by atoms with Crippen molar-refractivity contribution in [2.45, 2.75) is 32.0 Å². The highest BCUT2D eigenvalue weighted by atomic mass is 35.5. The summed E-state index contributed by atoms with van der Waals surface area (Å²) in [5, 5.41) is 15.3. The molecule has 0 unspecified atom stereocenters. The molecule has 3 rings (SSSR count). The molecule has 34 heavy (non-hydrogen) atoms. The predicted molar refractivity (Wildman–Crippen MR) is 127 cm³/mol. The molecular formula is C24H25ClFN4O4. The van der Waals surface area contributed by atoms with Gasteiger partial charge in [-0.1, -0.05) is 48.0 Å². The van der Waals surface area contributed by atoms with Crippen molar-refractivity contribution in [2.24, 2.45) is 0 Å². The van der Waals surface area contributed by atoms with E-state index in [1.54, 1.807) is 18.3 Å². The molecule has 3 aromatic rings. The Labute approximate surface area is 201 Å². The molecule has 2 atom stereocenters. The van der Waals surface area contributed by atoms with E-state index in [0.29, 0.717) is 11.4 Å². The number of nitrogens with one attached hydrogen (secondary N) is 2. The third kappa shape index (κ3) is 6.86. The maximum atomic E-state index is 13.7. The maximum absolute atomic E-state index is 13.7. The van der Waals surface area contributed by atoms with Gasteiger partial charge >= 0.3 is 6.09 Å². The fourth-order valence-electron chi connectivity index (χ4n) is 3.38. The Hall–Kier alpha value is -3.27. The zero-order valence-electron chi connectivity index (χ0n) is 18.5. The Balaban J connectivity index is 1.65. The van der Waals surface area contributed by atoms with E-state index in [1.807, 2.05) is 24.3 Å². The van der Waals surface area contributed by atoms with Gasteiger partial charge in [-0.2, -0.15) is 0 Å². The first-order valence-electron chi connectivity index (χ1n) is 10.5. The zero-order chi connectivity index (χ0) is 24.7. The normalized spacial score (nSPS) is 12.7. The molecule has 2 aromatic carbocycles. The van der Waals surface area contributed by atoms with Gasteiger partial charge in [0.15, 0.2) is 0 Å². The number of carbonyl (C=O) groups is 2. The number of rotatable bonds is 9. The van der Waals surface area contributed by atoms with Crippen LogP contribution in [0.15, 0.2) is 54.7 Å². The largest absolute Gasteiger partial charge is 0.447 e. The maximum Gasteiger partial charge on any atom is 0.412 e. The summed E-state index contributed by atoms with van der Waals surface area (Å²) in [5.74, 6) is -0.680. The Morgan fingerprint density at radius 3 is 2.68 bits per heavy atom. The molecule has 0 saturated heterocycles. The molecule has 0 bridgehead atoms. The number of aliphatic hydroxyl groups is 1. The van der Waals surface area contributed by atoms with Crippen LogP contribution in [-0.2, 0) is 16.1 Å². The highest BCUT2D eigenvalue weighted by Gasteiger charge is 2.25. The summed E-state index contributed by atoms with van der Waals surface area (Å²) in [6.45, 7) is 4.64. The van der Waals surface area contributed by atoms with E-state index < -0.39 is 30.0 Å². The van der Waals surface area contributed by atoms with Crippen LogP contribution in [0, 0.1) is 12.7 Å². The Bertz CT molecular complexity index is 1160. The first kappa shape index (κ1) is 25.4. The number of aliphatic hydroxyl groups excluding tert-OH is 1. The van der Waals surface area contributed by atoms with Crippen molar-refractivity contribution in [3.63, 3.8) is 0 Å². The Morgan fingerprint density at radius 2 is 1.97 bits per heavy atom. The molecule has 8 nitrogen and oxygen atoms in total. The Morgan fingerprint density at radius 1 is 1.24 bits per heavy atom. The number of pyridine rings is 1. The van der Waals surface area contributed by atoms with Crippen LogP contribution in [-0.4, -0.2) is 45.9 Å². The van der Waals surface area contributed by atoms with Crippen molar-refractivity contribution in [3.05, 3.63) is 78.1 Å². The second kappa shape index (κ2) is 11.7. The summed E-state index contributed by atoms with van der Waals surface area (Å²) in [5.41, 5.74) is 3.31. The van der Waals surface area contributed by atoms with E-state index in [9.17, 15) is 19.1 Å². The van der Waals surface area contributed by atoms with Crippen LogP contribution in [0.3, 0.4) is 0 Å². The average molecular weight is 488 g/mol. The van der Waals surface area contributed by atoms with Gasteiger partial charge in [-0.25, -0.2) is 19.6 Å². The number of halogens is 2. The zero-order valence-corrected chi connectivity index (χ0v) is 19.3. The van der Waals surface area contributed by atoms with Crippen molar-refractivity contribution >= 4 is 40.2 Å². The minimum atomic E-state index is -1.03. The first-order valence-corrected chi connectivity index (χ1v) is 10.9. The third-order valence-corrected chi connectivity index (χ3v) is 5.41. The van der Waals surface area contributed by atoms with Crippen molar-refractivity contribution in [2.75, 3.05) is 11.9 Å². The first-order chi connectivity index (χ1) is 16.2. The van der Waals surface area contributed by atoms with Gasteiger partial charge in [0.2, 0.25) is 5.91 Å². The topological polar surface area (TPSA) is 104 Å². The van der Waals surface area contributed by atoms with Crippen molar-refractivity contribution < 1.29 is 23.8 Å². The fraction of sp³-hybridized carbons (Fsp3) is 0.250. The van der Waals surface area contributed by atoms with E-state index in [4.69, 9.17) is 16.3 Å². The van der Waals surface area contributed by atoms with Crippen LogP contribution in [0.25, 0.3) is 10.8 Å². The third-order valence-electron chi connectivity index (χ3n) is 4.99. The average Bonchev–Trinajstić information content (AvgIpc) is 2.79. The molecule has 179 valence electrons. The number of amides is 2. The molecule has 1 heterocycles. The van der Waals surface area contributed by atoms with E-state index in [0.717, 1.165) is 10.8 Å². The minimum Gasteiger partial charge on any atom is -0.447 e. The van der Waals surface area contributed by atoms with E-state index in [1.165, 1.54) is 24.1 Å². The molecule has 10 heteroatoms. The summed E-state index contributed by atoms with van der Waals surface area (Å²) in [7, 11) is 0. The van der Waals surface area contributed by atoms with Crippen LogP contribution in [0.5, 0.6) is 0 Å². The number of fused-ring (bicyclic) bond motifs is 1. The van der Waals surface area contributed by atoms with Gasteiger partial charge in [0.1, 0.15) is 18.2 Å². The number of carbonyl (C=O) groups excluding carboxylic acids is 2. The van der Waals surface area contributed by atoms with Crippen LogP contribution < -0.4 is 10.7 Å². The van der Waals surface area contributed by atoms with Crippen molar-refractivity contribution in [3.8, 4) is 0 Å². The lowest BCUT2D eigenvalue weighted by molar-refractivity contribution is -0.137. The SMILES string of the molecule is [CH2][C@@H](O)C[C@@H](COC(=O)Nc1cc2ccccc2cn1)N(NCc1cccc(F)c1Cl)C(C)=O. The predicted octanol–water partition coefficient (Wildman–Crippen LogP) is 4.08. The number of benzene rings is 2. The van der Waals surface area contributed by atoms with Crippen molar-refractivity contribution in [1.29, 1.82) is 0 Å². The number of hydrogen-bond acceptors (Lipinski definition) is 6. The standard InChI is InChI=1S/C24H25ClFN4O4/c1-15(31)10-20(30(16(2)32)28-13-19-8-5-9-21(26)23(19)25)14-34-24(33)29-22-11-17-6-3-4-7-18(17)12-27-22/h3-9,11-12,15,20,28,31H,1,10,13-14H2,2H3,(H,27,29,33)/t15-,20+/m1/s1. The number of aromatic nitrogens is 1. The summed E-state index contributed by atoms with van der Waals surface area (Å²) in [4.78, 5) is 28.8. The highest BCUT2D eigenvalue weighted by molar-refractivity contribution is 6.31. The number of hydrogen-bond donors (Lipinski definition) is 3. The van der Waals surface area contributed by atoms with Crippen LogP contribution in [0.4, 0.5) is 15.0 Å². The number of nitrogens with zero attached hydrogens (tertiary/aromatic N) is 2.